The Balaban J connectivity index is 2.41. The van der Waals surface area contributed by atoms with E-state index in [4.69, 9.17) is 9.84 Å². The lowest BCUT2D eigenvalue weighted by atomic mass is 10.1. The summed E-state index contributed by atoms with van der Waals surface area (Å²) in [6.45, 7) is 2.51. The van der Waals surface area contributed by atoms with Crippen LogP contribution >= 0.6 is 0 Å². The van der Waals surface area contributed by atoms with Gasteiger partial charge >= 0.3 is 5.97 Å². The van der Waals surface area contributed by atoms with E-state index in [1.165, 1.54) is 0 Å². The SMILES string of the molecule is CCOc1cccc(-c2cc(C(=O)O)nn2C)c1. The molecule has 0 amide bonds. The monoisotopic (exact) mass is 246 g/mol. The highest BCUT2D eigenvalue weighted by Gasteiger charge is 2.12. The molecular formula is C13H14N2O3. The summed E-state index contributed by atoms with van der Waals surface area (Å²) >= 11 is 0. The van der Waals surface area contributed by atoms with E-state index in [1.54, 1.807) is 17.8 Å². The van der Waals surface area contributed by atoms with Gasteiger partial charge in [0.25, 0.3) is 0 Å². The van der Waals surface area contributed by atoms with Crippen LogP contribution in [0.2, 0.25) is 0 Å². The van der Waals surface area contributed by atoms with Gasteiger partial charge in [0.15, 0.2) is 5.69 Å². The second-order valence-electron chi connectivity index (χ2n) is 3.80. The number of aromatic nitrogens is 2. The van der Waals surface area contributed by atoms with Crippen molar-refractivity contribution in [2.75, 3.05) is 6.61 Å². The average molecular weight is 246 g/mol. The van der Waals surface area contributed by atoms with Crippen LogP contribution in [-0.2, 0) is 7.05 Å². The van der Waals surface area contributed by atoms with Crippen LogP contribution in [0.5, 0.6) is 5.75 Å². The van der Waals surface area contributed by atoms with Crippen molar-refractivity contribution in [3.05, 3.63) is 36.0 Å². The predicted octanol–water partition coefficient (Wildman–Crippen LogP) is 2.18. The number of benzene rings is 1. The second kappa shape index (κ2) is 4.91. The zero-order chi connectivity index (χ0) is 13.1. The third-order valence-electron chi connectivity index (χ3n) is 2.54. The molecule has 18 heavy (non-hydrogen) atoms. The number of carbonyl (C=O) groups is 1. The first kappa shape index (κ1) is 12.2. The van der Waals surface area contributed by atoms with Gasteiger partial charge in [0.2, 0.25) is 0 Å². The number of hydrogen-bond acceptors (Lipinski definition) is 3. The highest BCUT2D eigenvalue weighted by atomic mass is 16.5. The molecule has 0 radical (unpaired) electrons. The van der Waals surface area contributed by atoms with Crippen LogP contribution in [0.4, 0.5) is 0 Å². The van der Waals surface area contributed by atoms with Gasteiger partial charge in [-0.1, -0.05) is 12.1 Å². The van der Waals surface area contributed by atoms with Crippen molar-refractivity contribution in [1.29, 1.82) is 0 Å². The molecule has 0 bridgehead atoms. The quantitative estimate of drug-likeness (QED) is 0.898. The normalized spacial score (nSPS) is 10.3. The highest BCUT2D eigenvalue weighted by molar-refractivity contribution is 5.87. The molecule has 0 aliphatic rings. The largest absolute Gasteiger partial charge is 0.494 e. The molecular weight excluding hydrogens is 232 g/mol. The summed E-state index contributed by atoms with van der Waals surface area (Å²) < 4.78 is 6.97. The maximum Gasteiger partial charge on any atom is 0.356 e. The Morgan fingerprint density at radius 3 is 2.83 bits per heavy atom. The van der Waals surface area contributed by atoms with Crippen LogP contribution in [0, 0.1) is 0 Å². The van der Waals surface area contributed by atoms with E-state index >= 15 is 0 Å². The summed E-state index contributed by atoms with van der Waals surface area (Å²) in [4.78, 5) is 10.9. The Bertz CT molecular complexity index is 575. The smallest absolute Gasteiger partial charge is 0.356 e. The number of rotatable bonds is 4. The van der Waals surface area contributed by atoms with Gasteiger partial charge < -0.3 is 9.84 Å². The average Bonchev–Trinajstić information content (AvgIpc) is 2.72. The van der Waals surface area contributed by atoms with E-state index < -0.39 is 5.97 Å². The topological polar surface area (TPSA) is 64.3 Å². The molecule has 94 valence electrons. The van der Waals surface area contributed by atoms with Gasteiger partial charge in [-0.2, -0.15) is 5.10 Å². The highest BCUT2D eigenvalue weighted by Crippen LogP contribution is 2.24. The molecule has 5 heteroatoms. The minimum atomic E-state index is -1.03. The number of aromatic carboxylic acids is 1. The van der Waals surface area contributed by atoms with Crippen molar-refractivity contribution >= 4 is 5.97 Å². The van der Waals surface area contributed by atoms with E-state index in [1.807, 2.05) is 31.2 Å². The minimum Gasteiger partial charge on any atom is -0.494 e. The molecule has 0 aliphatic heterocycles. The predicted molar refractivity (Wildman–Crippen MR) is 66.8 cm³/mol. The molecule has 0 saturated carbocycles. The molecule has 0 unspecified atom stereocenters. The fourth-order valence-electron chi connectivity index (χ4n) is 1.75. The summed E-state index contributed by atoms with van der Waals surface area (Å²) in [7, 11) is 1.72. The van der Waals surface area contributed by atoms with Crippen molar-refractivity contribution in [1.82, 2.24) is 9.78 Å². The first-order valence-corrected chi connectivity index (χ1v) is 5.62. The zero-order valence-corrected chi connectivity index (χ0v) is 10.3. The number of nitrogens with zero attached hydrogens (tertiary/aromatic N) is 2. The van der Waals surface area contributed by atoms with Crippen LogP contribution in [0.25, 0.3) is 11.3 Å². The minimum absolute atomic E-state index is 0.0364. The lowest BCUT2D eigenvalue weighted by Gasteiger charge is -2.06. The van der Waals surface area contributed by atoms with E-state index in [2.05, 4.69) is 5.10 Å². The lowest BCUT2D eigenvalue weighted by Crippen LogP contribution is -1.99. The molecule has 0 aliphatic carbocycles. The number of hydrogen-bond donors (Lipinski definition) is 1. The van der Waals surface area contributed by atoms with Gasteiger partial charge in [-0.05, 0) is 25.1 Å². The van der Waals surface area contributed by atoms with Gasteiger partial charge in [0.05, 0.1) is 12.3 Å². The zero-order valence-electron chi connectivity index (χ0n) is 10.3. The summed E-state index contributed by atoms with van der Waals surface area (Å²) in [5, 5.41) is 12.8. The molecule has 1 aromatic carbocycles. The van der Waals surface area contributed by atoms with Crippen LogP contribution in [0.15, 0.2) is 30.3 Å². The van der Waals surface area contributed by atoms with E-state index in [0.717, 1.165) is 17.0 Å². The Labute approximate surface area is 105 Å². The Morgan fingerprint density at radius 1 is 1.44 bits per heavy atom. The van der Waals surface area contributed by atoms with Crippen LogP contribution < -0.4 is 4.74 Å². The molecule has 0 atom stereocenters. The lowest BCUT2D eigenvalue weighted by molar-refractivity contribution is 0.0689. The fourth-order valence-corrected chi connectivity index (χ4v) is 1.75. The molecule has 1 N–H and O–H groups in total. The molecule has 0 saturated heterocycles. The third kappa shape index (κ3) is 2.34. The van der Waals surface area contributed by atoms with Crippen molar-refractivity contribution in [3.8, 4) is 17.0 Å². The van der Waals surface area contributed by atoms with Crippen molar-refractivity contribution in [2.45, 2.75) is 6.92 Å². The molecule has 5 nitrogen and oxygen atoms in total. The maximum atomic E-state index is 10.9. The number of ether oxygens (including phenoxy) is 1. The Hall–Kier alpha value is -2.30. The van der Waals surface area contributed by atoms with Crippen LogP contribution in [0.3, 0.4) is 0 Å². The standard InChI is InChI=1S/C13H14N2O3/c1-3-18-10-6-4-5-9(7-10)12-8-11(13(16)17)14-15(12)2/h4-8H,3H2,1-2H3,(H,16,17). The second-order valence-corrected chi connectivity index (χ2v) is 3.80. The van der Waals surface area contributed by atoms with Gasteiger partial charge in [-0.15, -0.1) is 0 Å². The van der Waals surface area contributed by atoms with E-state index in [-0.39, 0.29) is 5.69 Å². The van der Waals surface area contributed by atoms with Crippen LogP contribution in [-0.4, -0.2) is 27.5 Å². The maximum absolute atomic E-state index is 10.9. The molecule has 1 heterocycles. The number of carboxylic acids is 1. The molecule has 0 fully saturated rings. The van der Waals surface area contributed by atoms with Gasteiger partial charge in [-0.3, -0.25) is 4.68 Å². The van der Waals surface area contributed by atoms with Crippen molar-refractivity contribution < 1.29 is 14.6 Å². The first-order valence-electron chi connectivity index (χ1n) is 5.62. The van der Waals surface area contributed by atoms with Gasteiger partial charge in [0.1, 0.15) is 5.75 Å². The van der Waals surface area contributed by atoms with E-state index in [0.29, 0.717) is 6.61 Å². The molecule has 0 spiro atoms. The van der Waals surface area contributed by atoms with Gasteiger partial charge in [-0.25, -0.2) is 4.79 Å². The van der Waals surface area contributed by atoms with E-state index in [9.17, 15) is 4.79 Å². The Kier molecular flexibility index (Phi) is 3.32. The summed E-state index contributed by atoms with van der Waals surface area (Å²) in [5.74, 6) is -0.272. The number of aryl methyl sites for hydroxylation is 1. The molecule has 1 aromatic heterocycles. The molecule has 2 rings (SSSR count). The number of carboxylic acid groups (broad SMARTS) is 1. The molecule has 2 aromatic rings. The van der Waals surface area contributed by atoms with Gasteiger partial charge in [0, 0.05) is 12.6 Å². The van der Waals surface area contributed by atoms with Crippen molar-refractivity contribution in [2.24, 2.45) is 7.05 Å². The van der Waals surface area contributed by atoms with Crippen LogP contribution in [0.1, 0.15) is 17.4 Å². The fraction of sp³-hybridized carbons (Fsp3) is 0.231. The summed E-state index contributed by atoms with van der Waals surface area (Å²) in [6, 6.07) is 9.04. The Morgan fingerprint density at radius 2 is 2.22 bits per heavy atom. The summed E-state index contributed by atoms with van der Waals surface area (Å²) in [5.41, 5.74) is 1.66. The summed E-state index contributed by atoms with van der Waals surface area (Å²) in [6.07, 6.45) is 0. The first-order chi connectivity index (χ1) is 8.61. The third-order valence-corrected chi connectivity index (χ3v) is 2.54. The van der Waals surface area contributed by atoms with Crippen molar-refractivity contribution in [3.63, 3.8) is 0 Å².